The van der Waals surface area contributed by atoms with E-state index in [1.54, 1.807) is 29.4 Å². The number of hydrogen-bond donors (Lipinski definition) is 2. The van der Waals surface area contributed by atoms with Crippen molar-refractivity contribution in [3.05, 3.63) is 29.3 Å². The normalized spacial score (nSPS) is 20.8. The fourth-order valence-electron chi connectivity index (χ4n) is 2.82. The lowest BCUT2D eigenvalue weighted by molar-refractivity contribution is -0.138. The largest absolute Gasteiger partial charge is 0.481 e. The maximum Gasteiger partial charge on any atom is 0.305 e. The Kier molecular flexibility index (Phi) is 4.44. The van der Waals surface area contributed by atoms with Gasteiger partial charge in [-0.05, 0) is 23.9 Å². The number of methoxy groups -OCH3 is 1. The molecule has 0 aromatic carbocycles. The van der Waals surface area contributed by atoms with Crippen LogP contribution in [0.25, 0.3) is 10.6 Å². The molecular weight excluding hydrogens is 318 g/mol. The molecule has 0 saturated carbocycles. The van der Waals surface area contributed by atoms with Gasteiger partial charge in [-0.25, -0.2) is 0 Å². The van der Waals surface area contributed by atoms with Gasteiger partial charge in [0.25, 0.3) is 5.91 Å². The van der Waals surface area contributed by atoms with Crippen LogP contribution in [0.4, 0.5) is 0 Å². The first-order valence-electron chi connectivity index (χ1n) is 7.23. The second-order valence-electron chi connectivity index (χ2n) is 5.45. The maximum absolute atomic E-state index is 12.7. The molecule has 122 valence electrons. The first-order valence-corrected chi connectivity index (χ1v) is 8.11. The van der Waals surface area contributed by atoms with E-state index >= 15 is 0 Å². The highest BCUT2D eigenvalue weighted by Crippen LogP contribution is 2.27. The number of carbonyl (C=O) groups excluding carboxylic acids is 1. The summed E-state index contributed by atoms with van der Waals surface area (Å²) in [5.74, 6) is -1.19. The Morgan fingerprint density at radius 3 is 3.04 bits per heavy atom. The van der Waals surface area contributed by atoms with Crippen molar-refractivity contribution in [2.45, 2.75) is 25.0 Å². The maximum atomic E-state index is 12.7. The van der Waals surface area contributed by atoms with Crippen molar-refractivity contribution in [3.8, 4) is 10.6 Å². The number of rotatable bonds is 5. The molecule has 2 atom stereocenters. The predicted octanol–water partition coefficient (Wildman–Crippen LogP) is 1.84. The van der Waals surface area contributed by atoms with Gasteiger partial charge in [0.15, 0.2) is 5.69 Å². The summed E-state index contributed by atoms with van der Waals surface area (Å²) in [4.78, 5) is 26.2. The first kappa shape index (κ1) is 15.7. The lowest BCUT2D eigenvalue weighted by Crippen LogP contribution is -2.37. The zero-order valence-electron chi connectivity index (χ0n) is 12.6. The number of carbonyl (C=O) groups is 2. The van der Waals surface area contributed by atoms with Crippen LogP contribution in [0.5, 0.6) is 0 Å². The van der Waals surface area contributed by atoms with Gasteiger partial charge in [0.05, 0.1) is 23.1 Å². The Bertz CT molecular complexity index is 697. The van der Waals surface area contributed by atoms with E-state index in [0.29, 0.717) is 18.7 Å². The molecule has 23 heavy (non-hydrogen) atoms. The molecule has 1 saturated heterocycles. The second-order valence-corrected chi connectivity index (χ2v) is 6.39. The molecule has 2 aromatic rings. The van der Waals surface area contributed by atoms with Crippen LogP contribution in [0.3, 0.4) is 0 Å². The number of carboxylic acid groups (broad SMARTS) is 1. The number of carboxylic acids is 1. The van der Waals surface area contributed by atoms with Crippen LogP contribution >= 0.6 is 11.3 Å². The minimum Gasteiger partial charge on any atom is -0.481 e. The number of nitrogens with one attached hydrogen (secondary N) is 1. The molecule has 0 aliphatic carbocycles. The summed E-state index contributed by atoms with van der Waals surface area (Å²) in [6, 6.07) is 5.20. The molecule has 8 heteroatoms. The third-order valence-corrected chi connectivity index (χ3v) is 4.87. The number of amides is 1. The van der Waals surface area contributed by atoms with Gasteiger partial charge in [0, 0.05) is 19.7 Å². The number of likely N-dealkylation sites (tertiary alicyclic amines) is 1. The Hall–Kier alpha value is -2.19. The van der Waals surface area contributed by atoms with Crippen LogP contribution in [0, 0.1) is 0 Å². The number of thiophene rings is 1. The van der Waals surface area contributed by atoms with E-state index < -0.39 is 5.97 Å². The number of nitrogens with zero attached hydrogens (tertiary/aromatic N) is 2. The zero-order valence-corrected chi connectivity index (χ0v) is 13.4. The molecule has 0 radical (unpaired) electrons. The minimum atomic E-state index is -0.925. The number of hydrogen-bond acceptors (Lipinski definition) is 5. The smallest absolute Gasteiger partial charge is 0.305 e. The molecule has 7 nitrogen and oxygen atoms in total. The summed E-state index contributed by atoms with van der Waals surface area (Å²) in [6.07, 6.45) is 0.295. The summed E-state index contributed by atoms with van der Waals surface area (Å²) >= 11 is 1.55. The molecule has 1 aliphatic rings. The number of aliphatic carboxylic acids is 1. The monoisotopic (exact) mass is 335 g/mol. The van der Waals surface area contributed by atoms with Gasteiger partial charge >= 0.3 is 5.97 Å². The van der Waals surface area contributed by atoms with E-state index in [1.807, 2.05) is 17.5 Å². The van der Waals surface area contributed by atoms with Crippen LogP contribution in [0.15, 0.2) is 23.6 Å². The van der Waals surface area contributed by atoms with Gasteiger partial charge < -0.3 is 14.7 Å². The van der Waals surface area contributed by atoms with E-state index in [-0.39, 0.29) is 24.5 Å². The molecule has 1 fully saturated rings. The van der Waals surface area contributed by atoms with Gasteiger partial charge in [-0.1, -0.05) is 6.07 Å². The average Bonchev–Trinajstić information content (AvgIpc) is 3.25. The van der Waals surface area contributed by atoms with Gasteiger partial charge in [-0.3, -0.25) is 14.7 Å². The van der Waals surface area contributed by atoms with Gasteiger partial charge in [0.2, 0.25) is 0 Å². The highest BCUT2D eigenvalue weighted by atomic mass is 32.1. The SMILES string of the molecule is COC1CC(CC(=O)O)N(C(=O)c2cc(-c3cccs3)[nH]n2)C1. The van der Waals surface area contributed by atoms with Gasteiger partial charge in [0.1, 0.15) is 0 Å². The number of ether oxygens (including phenoxy) is 1. The Labute approximate surface area is 136 Å². The zero-order chi connectivity index (χ0) is 16.4. The highest BCUT2D eigenvalue weighted by molar-refractivity contribution is 7.13. The van der Waals surface area contributed by atoms with Crippen molar-refractivity contribution in [2.24, 2.45) is 0 Å². The van der Waals surface area contributed by atoms with Crippen molar-refractivity contribution in [1.82, 2.24) is 15.1 Å². The topological polar surface area (TPSA) is 95.5 Å². The lowest BCUT2D eigenvalue weighted by atomic mass is 10.1. The van der Waals surface area contributed by atoms with Crippen LogP contribution in [0.2, 0.25) is 0 Å². The highest BCUT2D eigenvalue weighted by Gasteiger charge is 2.37. The van der Waals surface area contributed by atoms with Crippen LogP contribution in [-0.4, -0.2) is 57.9 Å². The predicted molar refractivity (Wildman–Crippen MR) is 84.4 cm³/mol. The lowest BCUT2D eigenvalue weighted by Gasteiger charge is -2.22. The number of aromatic nitrogens is 2. The minimum absolute atomic E-state index is 0.0895. The summed E-state index contributed by atoms with van der Waals surface area (Å²) in [7, 11) is 1.57. The molecule has 1 aliphatic heterocycles. The molecular formula is C15H17N3O4S. The number of aromatic amines is 1. The quantitative estimate of drug-likeness (QED) is 0.869. The molecule has 1 amide bonds. The summed E-state index contributed by atoms with van der Waals surface area (Å²) in [5, 5.41) is 17.9. The van der Waals surface area contributed by atoms with Crippen molar-refractivity contribution in [2.75, 3.05) is 13.7 Å². The molecule has 0 bridgehead atoms. The molecule has 0 spiro atoms. The first-order chi connectivity index (χ1) is 11.1. The van der Waals surface area contributed by atoms with Gasteiger partial charge in [-0.2, -0.15) is 5.10 Å². The van der Waals surface area contributed by atoms with E-state index in [0.717, 1.165) is 10.6 Å². The van der Waals surface area contributed by atoms with E-state index in [9.17, 15) is 9.59 Å². The fraction of sp³-hybridized carbons (Fsp3) is 0.400. The third-order valence-electron chi connectivity index (χ3n) is 3.96. The Morgan fingerprint density at radius 1 is 1.57 bits per heavy atom. The van der Waals surface area contributed by atoms with Gasteiger partial charge in [-0.15, -0.1) is 11.3 Å². The second kappa shape index (κ2) is 6.51. The molecule has 3 rings (SSSR count). The van der Waals surface area contributed by atoms with Crippen molar-refractivity contribution < 1.29 is 19.4 Å². The van der Waals surface area contributed by atoms with Crippen LogP contribution < -0.4 is 0 Å². The molecule has 2 unspecified atom stereocenters. The van der Waals surface area contributed by atoms with Crippen LogP contribution in [0.1, 0.15) is 23.3 Å². The van der Waals surface area contributed by atoms with Crippen molar-refractivity contribution >= 4 is 23.2 Å². The van der Waals surface area contributed by atoms with E-state index in [4.69, 9.17) is 9.84 Å². The van der Waals surface area contributed by atoms with E-state index in [2.05, 4.69) is 10.2 Å². The summed E-state index contributed by atoms with van der Waals surface area (Å²) < 4.78 is 5.29. The van der Waals surface area contributed by atoms with Crippen molar-refractivity contribution in [1.29, 1.82) is 0 Å². The summed E-state index contributed by atoms with van der Waals surface area (Å²) in [6.45, 7) is 0.383. The fourth-order valence-corrected chi connectivity index (χ4v) is 3.52. The van der Waals surface area contributed by atoms with Crippen LogP contribution in [-0.2, 0) is 9.53 Å². The molecule has 2 N–H and O–H groups in total. The summed E-state index contributed by atoms with van der Waals surface area (Å²) in [5.41, 5.74) is 1.07. The Morgan fingerprint density at radius 2 is 2.39 bits per heavy atom. The average molecular weight is 335 g/mol. The Balaban J connectivity index is 1.79. The molecule has 3 heterocycles. The van der Waals surface area contributed by atoms with Crippen molar-refractivity contribution in [3.63, 3.8) is 0 Å². The van der Waals surface area contributed by atoms with E-state index in [1.165, 1.54) is 0 Å². The standard InChI is InChI=1S/C15H17N3O4S/c1-22-10-5-9(6-14(19)20)18(8-10)15(21)12-7-11(16-17-12)13-3-2-4-23-13/h2-4,7,9-10H,5-6,8H2,1H3,(H,16,17)(H,19,20). The third kappa shape index (κ3) is 3.27. The molecule has 2 aromatic heterocycles. The number of H-pyrrole nitrogens is 1.